The first-order valence-electron chi connectivity index (χ1n) is 8.41. The minimum atomic E-state index is -0.584. The van der Waals surface area contributed by atoms with Crippen LogP contribution in [0.15, 0.2) is 0 Å². The fourth-order valence-electron chi connectivity index (χ4n) is 2.54. The molecule has 0 aromatic carbocycles. The second-order valence-electron chi connectivity index (χ2n) is 8.54. The van der Waals surface area contributed by atoms with Crippen molar-refractivity contribution in [3.8, 4) is 0 Å². The number of nitrogens with one attached hydrogen (secondary N) is 1. The lowest BCUT2D eigenvalue weighted by atomic mass is 9.67. The summed E-state index contributed by atoms with van der Waals surface area (Å²) in [6.45, 7) is 14.5. The van der Waals surface area contributed by atoms with Gasteiger partial charge in [-0.1, -0.05) is 0 Å². The zero-order chi connectivity index (χ0) is 18.3. The second kappa shape index (κ2) is 6.22. The van der Waals surface area contributed by atoms with E-state index in [0.29, 0.717) is 13.1 Å². The molecule has 136 valence electrons. The molecule has 1 N–H and O–H groups in total. The lowest BCUT2D eigenvalue weighted by molar-refractivity contribution is -0.133. The molecule has 2 fully saturated rings. The van der Waals surface area contributed by atoms with Crippen LogP contribution in [0.5, 0.6) is 0 Å². The van der Waals surface area contributed by atoms with E-state index in [-0.39, 0.29) is 36.6 Å². The molecule has 2 rings (SSSR count). The summed E-state index contributed by atoms with van der Waals surface area (Å²) in [7, 11) is -0.294. The molecule has 0 bridgehead atoms. The van der Waals surface area contributed by atoms with Crippen LogP contribution >= 0.6 is 0 Å². The molecule has 0 spiro atoms. The first kappa shape index (κ1) is 19.1. The molecule has 2 aliphatic heterocycles. The summed E-state index contributed by atoms with van der Waals surface area (Å²) in [5.41, 5.74) is -1.30. The van der Waals surface area contributed by atoms with Gasteiger partial charge in [0.05, 0.1) is 11.2 Å². The molecule has 24 heavy (non-hydrogen) atoms. The molecule has 0 radical (unpaired) electrons. The zero-order valence-corrected chi connectivity index (χ0v) is 15.8. The van der Waals surface area contributed by atoms with Crippen LogP contribution in [0.2, 0.25) is 5.82 Å². The average Bonchev–Trinajstić information content (AvgIpc) is 2.51. The fraction of sp³-hybridized carbons (Fsp3) is 0.875. The van der Waals surface area contributed by atoms with E-state index in [1.165, 1.54) is 0 Å². The van der Waals surface area contributed by atoms with Crippen LogP contribution in [0.4, 0.5) is 4.79 Å². The number of carbonyl (C=O) groups is 2. The molecule has 0 aromatic heterocycles. The number of amides is 2. The highest BCUT2D eigenvalue weighted by Gasteiger charge is 2.56. The molecule has 0 aliphatic carbocycles. The number of carbonyl (C=O) groups excluding carboxylic acids is 2. The minimum Gasteiger partial charge on any atom is -0.444 e. The van der Waals surface area contributed by atoms with Crippen molar-refractivity contribution in [1.82, 2.24) is 10.2 Å². The maximum atomic E-state index is 12.1. The van der Waals surface area contributed by atoms with E-state index >= 15 is 0 Å². The molecule has 0 unspecified atom stereocenters. The van der Waals surface area contributed by atoms with E-state index in [9.17, 15) is 9.59 Å². The summed E-state index contributed by atoms with van der Waals surface area (Å²) in [6.07, 6.45) is -0.584. The third-order valence-corrected chi connectivity index (χ3v) is 4.70. The first-order valence-corrected chi connectivity index (χ1v) is 8.41. The quantitative estimate of drug-likeness (QED) is 0.793. The number of hydrogen-bond donors (Lipinski definition) is 1. The predicted molar refractivity (Wildman–Crippen MR) is 90.6 cm³/mol. The topological polar surface area (TPSA) is 77.1 Å². The minimum absolute atomic E-state index is 0.0645. The standard InChI is InChI=1S/C16H29BN2O5/c1-14(2,3)22-13(21)18-8-12(20)19-9-11(10-19)17-23-15(4,5)16(6,7)24-17/h11H,8-10H2,1-7H3,(H,18,21). The molecule has 8 heteroatoms. The lowest BCUT2D eigenvalue weighted by Gasteiger charge is -2.40. The van der Waals surface area contributed by atoms with E-state index < -0.39 is 11.7 Å². The Labute approximate surface area is 144 Å². The Morgan fingerprint density at radius 2 is 1.67 bits per heavy atom. The summed E-state index contributed by atoms with van der Waals surface area (Å²) >= 11 is 0. The number of hydrogen-bond acceptors (Lipinski definition) is 5. The maximum Gasteiger partial charge on any atom is 0.464 e. The number of likely N-dealkylation sites (tertiary alicyclic amines) is 1. The van der Waals surface area contributed by atoms with Crippen LogP contribution in [0.25, 0.3) is 0 Å². The van der Waals surface area contributed by atoms with Crippen LogP contribution in [-0.2, 0) is 18.8 Å². The van der Waals surface area contributed by atoms with Crippen molar-refractivity contribution < 1.29 is 23.6 Å². The second-order valence-corrected chi connectivity index (χ2v) is 8.54. The van der Waals surface area contributed by atoms with Gasteiger partial charge >= 0.3 is 13.2 Å². The van der Waals surface area contributed by atoms with Gasteiger partial charge in [0, 0.05) is 18.9 Å². The first-order chi connectivity index (χ1) is 10.8. The van der Waals surface area contributed by atoms with Crippen molar-refractivity contribution in [2.24, 2.45) is 0 Å². The van der Waals surface area contributed by atoms with Crippen molar-refractivity contribution in [1.29, 1.82) is 0 Å². The summed E-state index contributed by atoms with van der Waals surface area (Å²) < 4.78 is 17.1. The van der Waals surface area contributed by atoms with Gasteiger partial charge in [-0.05, 0) is 48.5 Å². The van der Waals surface area contributed by atoms with Crippen LogP contribution < -0.4 is 5.32 Å². The van der Waals surface area contributed by atoms with Gasteiger partial charge in [-0.15, -0.1) is 0 Å². The molecular formula is C16H29BN2O5. The Hall–Kier alpha value is -1.28. The van der Waals surface area contributed by atoms with Crippen molar-refractivity contribution in [2.75, 3.05) is 19.6 Å². The van der Waals surface area contributed by atoms with Gasteiger partial charge < -0.3 is 24.3 Å². The third-order valence-electron chi connectivity index (χ3n) is 4.70. The van der Waals surface area contributed by atoms with Gasteiger partial charge in [0.15, 0.2) is 0 Å². The highest BCUT2D eigenvalue weighted by Crippen LogP contribution is 2.42. The van der Waals surface area contributed by atoms with Crippen molar-refractivity contribution in [3.63, 3.8) is 0 Å². The van der Waals surface area contributed by atoms with Gasteiger partial charge in [-0.3, -0.25) is 4.79 Å². The molecule has 2 amide bonds. The van der Waals surface area contributed by atoms with Crippen molar-refractivity contribution >= 4 is 19.1 Å². The Morgan fingerprint density at radius 1 is 1.17 bits per heavy atom. The van der Waals surface area contributed by atoms with Gasteiger partial charge in [-0.2, -0.15) is 0 Å². The van der Waals surface area contributed by atoms with E-state index in [2.05, 4.69) is 5.32 Å². The molecule has 0 saturated carbocycles. The third kappa shape index (κ3) is 4.22. The highest BCUT2D eigenvalue weighted by molar-refractivity contribution is 6.48. The maximum absolute atomic E-state index is 12.1. The van der Waals surface area contributed by atoms with Gasteiger partial charge in [0.2, 0.25) is 5.91 Å². The van der Waals surface area contributed by atoms with Gasteiger partial charge in [-0.25, -0.2) is 4.79 Å². The fourth-order valence-corrected chi connectivity index (χ4v) is 2.54. The molecule has 0 atom stereocenters. The Kier molecular flexibility index (Phi) is 4.94. The summed E-state index contributed by atoms with van der Waals surface area (Å²) in [4.78, 5) is 25.3. The molecule has 2 aliphatic rings. The molecule has 2 heterocycles. The van der Waals surface area contributed by atoms with E-state index in [1.807, 2.05) is 27.7 Å². The largest absolute Gasteiger partial charge is 0.464 e. The highest BCUT2D eigenvalue weighted by atomic mass is 16.7. The SMILES string of the molecule is CC(C)(C)OC(=O)NCC(=O)N1CC(B2OC(C)(C)C(C)(C)O2)C1. The number of alkyl carbamates (subject to hydrolysis) is 1. The van der Waals surface area contributed by atoms with Crippen LogP contribution in [0.1, 0.15) is 48.5 Å². The Bertz CT molecular complexity index is 493. The zero-order valence-electron chi connectivity index (χ0n) is 15.8. The summed E-state index contributed by atoms with van der Waals surface area (Å²) in [5, 5.41) is 2.48. The number of rotatable bonds is 3. The van der Waals surface area contributed by atoms with Crippen molar-refractivity contribution in [2.45, 2.75) is 71.1 Å². The van der Waals surface area contributed by atoms with Crippen molar-refractivity contribution in [3.05, 3.63) is 0 Å². The van der Waals surface area contributed by atoms with Gasteiger partial charge in [0.25, 0.3) is 0 Å². The predicted octanol–water partition coefficient (Wildman–Crippen LogP) is 1.82. The smallest absolute Gasteiger partial charge is 0.444 e. The number of nitrogens with zero attached hydrogens (tertiary/aromatic N) is 1. The monoisotopic (exact) mass is 340 g/mol. The number of ether oxygens (including phenoxy) is 1. The van der Waals surface area contributed by atoms with Gasteiger partial charge in [0.1, 0.15) is 12.1 Å². The molecule has 2 saturated heterocycles. The molecular weight excluding hydrogens is 311 g/mol. The van der Waals surface area contributed by atoms with E-state index in [4.69, 9.17) is 14.0 Å². The van der Waals surface area contributed by atoms with Crippen LogP contribution in [0.3, 0.4) is 0 Å². The summed E-state index contributed by atoms with van der Waals surface area (Å²) in [6, 6.07) is 0. The van der Waals surface area contributed by atoms with E-state index in [1.54, 1.807) is 25.7 Å². The van der Waals surface area contributed by atoms with Crippen LogP contribution in [0, 0.1) is 0 Å². The normalized spacial score (nSPS) is 23.0. The van der Waals surface area contributed by atoms with Crippen LogP contribution in [-0.4, -0.2) is 60.5 Å². The lowest BCUT2D eigenvalue weighted by Crippen LogP contribution is -2.55. The summed E-state index contributed by atoms with van der Waals surface area (Å²) in [5.74, 6) is 0.0325. The Balaban J connectivity index is 1.73. The Morgan fingerprint density at radius 3 is 2.12 bits per heavy atom. The molecule has 7 nitrogen and oxygen atoms in total. The molecule has 0 aromatic rings. The van der Waals surface area contributed by atoms with E-state index in [0.717, 1.165) is 0 Å². The average molecular weight is 340 g/mol.